The predicted octanol–water partition coefficient (Wildman–Crippen LogP) is 6.12. The lowest BCUT2D eigenvalue weighted by molar-refractivity contribution is -0.114. The highest BCUT2D eigenvalue weighted by atomic mass is 35.5. The maximum absolute atomic E-state index is 14.7. The number of piperidine rings is 1. The maximum atomic E-state index is 14.7. The number of thiophene rings is 1. The van der Waals surface area contributed by atoms with Gasteiger partial charge in [-0.3, -0.25) is 9.69 Å². The largest absolute Gasteiger partial charge is 0.327 e. The second-order valence-electron chi connectivity index (χ2n) is 9.25. The quantitative estimate of drug-likeness (QED) is 0.317. The Labute approximate surface area is 217 Å². The molecule has 0 spiro atoms. The molecule has 2 N–H and O–H groups in total. The number of halogens is 2. The molecule has 36 heavy (non-hydrogen) atoms. The number of likely N-dealkylation sites (tertiary alicyclic amines) is 1. The summed E-state index contributed by atoms with van der Waals surface area (Å²) in [6, 6.07) is 13.6. The summed E-state index contributed by atoms with van der Waals surface area (Å²) in [6.07, 6.45) is 4.18. The van der Waals surface area contributed by atoms with Crippen molar-refractivity contribution in [1.82, 2.24) is 25.1 Å². The molecule has 0 bridgehead atoms. The predicted molar refractivity (Wildman–Crippen MR) is 141 cm³/mol. The van der Waals surface area contributed by atoms with E-state index in [-0.39, 0.29) is 11.9 Å². The molecule has 1 unspecified atom stereocenters. The molecule has 1 aromatic carbocycles. The first-order valence-electron chi connectivity index (χ1n) is 11.7. The summed E-state index contributed by atoms with van der Waals surface area (Å²) >= 11 is 7.80. The second-order valence-corrected chi connectivity index (χ2v) is 10.7. The molecule has 4 heterocycles. The number of pyridine rings is 1. The van der Waals surface area contributed by atoms with E-state index in [0.29, 0.717) is 42.6 Å². The Hall–Kier alpha value is -3.14. The zero-order chi connectivity index (χ0) is 25.3. The number of H-pyrrole nitrogens is 1. The number of alkyl halides is 1. The highest BCUT2D eigenvalue weighted by Gasteiger charge is 2.35. The molecule has 1 fully saturated rings. The first kappa shape index (κ1) is 24.5. The average Bonchev–Trinajstić information content (AvgIpc) is 3.52. The lowest BCUT2D eigenvalue weighted by Gasteiger charge is -2.39. The Morgan fingerprint density at radius 3 is 2.64 bits per heavy atom. The SMILES string of the molecule is CC(=O)Nc1cc(-c2cc(C(c3ccc(Cl)cc3)N3CCC(C)(F)CC3)c(-c3nnc[nH]3)s2)ccn1. The molecule has 1 aliphatic heterocycles. The third kappa shape index (κ3) is 5.33. The summed E-state index contributed by atoms with van der Waals surface area (Å²) in [5, 5.41) is 11.7. The fourth-order valence-electron chi connectivity index (χ4n) is 4.57. The maximum Gasteiger partial charge on any atom is 0.222 e. The van der Waals surface area contributed by atoms with Gasteiger partial charge in [0.05, 0.1) is 10.9 Å². The lowest BCUT2D eigenvalue weighted by atomic mass is 9.90. The minimum absolute atomic E-state index is 0.125. The molecule has 0 radical (unpaired) electrons. The molecule has 186 valence electrons. The van der Waals surface area contributed by atoms with E-state index in [0.717, 1.165) is 26.4 Å². The van der Waals surface area contributed by atoms with Crippen LogP contribution in [0.15, 0.2) is 55.0 Å². The molecule has 1 saturated heterocycles. The van der Waals surface area contributed by atoms with E-state index in [1.807, 2.05) is 36.4 Å². The van der Waals surface area contributed by atoms with Crippen LogP contribution in [0, 0.1) is 0 Å². The molecule has 10 heteroatoms. The highest BCUT2D eigenvalue weighted by molar-refractivity contribution is 7.19. The van der Waals surface area contributed by atoms with Crippen molar-refractivity contribution in [3.05, 3.63) is 71.1 Å². The number of benzene rings is 1. The topological polar surface area (TPSA) is 86.8 Å². The van der Waals surface area contributed by atoms with Crippen molar-refractivity contribution in [1.29, 1.82) is 0 Å². The molecule has 4 aromatic rings. The standard InChI is InChI=1S/C26H26ClFN6OS/c1-16(35)32-22-13-18(7-10-29-22)21-14-20(24(36-21)25-30-15-31-33-25)23(17-3-5-19(27)6-4-17)34-11-8-26(2,28)9-12-34/h3-7,10,13-15,23H,8-9,11-12H2,1-2H3,(H,29,32,35)(H,30,31,33). The van der Waals surface area contributed by atoms with Crippen LogP contribution in [0.25, 0.3) is 21.1 Å². The van der Waals surface area contributed by atoms with Gasteiger partial charge in [0.2, 0.25) is 5.91 Å². The molecule has 3 aromatic heterocycles. The van der Waals surface area contributed by atoms with E-state index >= 15 is 0 Å². The van der Waals surface area contributed by atoms with Gasteiger partial charge in [0.25, 0.3) is 0 Å². The van der Waals surface area contributed by atoms with Gasteiger partial charge in [-0.25, -0.2) is 9.37 Å². The normalized spacial score (nSPS) is 16.6. The first-order chi connectivity index (χ1) is 17.3. The Morgan fingerprint density at radius 2 is 1.97 bits per heavy atom. The monoisotopic (exact) mass is 524 g/mol. The molecule has 0 aliphatic carbocycles. The van der Waals surface area contributed by atoms with E-state index in [4.69, 9.17) is 11.6 Å². The summed E-state index contributed by atoms with van der Waals surface area (Å²) in [5.74, 6) is 0.981. The van der Waals surface area contributed by atoms with E-state index in [9.17, 15) is 9.18 Å². The molecule has 7 nitrogen and oxygen atoms in total. The fourth-order valence-corrected chi connectivity index (χ4v) is 5.83. The molecule has 0 saturated carbocycles. The van der Waals surface area contributed by atoms with Gasteiger partial charge >= 0.3 is 0 Å². The Balaban J connectivity index is 1.63. The van der Waals surface area contributed by atoms with Crippen molar-refractivity contribution in [2.45, 2.75) is 38.4 Å². The molecule has 1 atom stereocenters. The van der Waals surface area contributed by atoms with E-state index in [1.54, 1.807) is 30.8 Å². The van der Waals surface area contributed by atoms with E-state index in [2.05, 4.69) is 36.4 Å². The number of aromatic amines is 1. The van der Waals surface area contributed by atoms with Crippen molar-refractivity contribution in [2.75, 3.05) is 18.4 Å². The molecule has 1 amide bonds. The lowest BCUT2D eigenvalue weighted by Crippen LogP contribution is -2.42. The zero-order valence-electron chi connectivity index (χ0n) is 20.0. The molecular formula is C26H26ClFN6OS. The molecule has 5 rings (SSSR count). The van der Waals surface area contributed by atoms with Crippen molar-refractivity contribution in [2.24, 2.45) is 0 Å². The summed E-state index contributed by atoms with van der Waals surface area (Å²) in [7, 11) is 0. The highest BCUT2D eigenvalue weighted by Crippen LogP contribution is 2.45. The number of anilines is 1. The number of hydrogen-bond acceptors (Lipinski definition) is 6. The van der Waals surface area contributed by atoms with Crippen molar-refractivity contribution >= 4 is 34.7 Å². The number of amides is 1. The van der Waals surface area contributed by atoms with Gasteiger partial charge in [-0.2, -0.15) is 0 Å². The smallest absolute Gasteiger partial charge is 0.222 e. The Bertz CT molecular complexity index is 1350. The summed E-state index contributed by atoms with van der Waals surface area (Å²) in [4.78, 5) is 23.2. The average molecular weight is 525 g/mol. The fraction of sp³-hybridized carbons (Fsp3) is 0.308. The van der Waals surface area contributed by atoms with Gasteiger partial charge in [-0.05, 0) is 66.8 Å². The van der Waals surface area contributed by atoms with Gasteiger partial charge in [-0.15, -0.1) is 21.5 Å². The summed E-state index contributed by atoms with van der Waals surface area (Å²) in [5.41, 5.74) is 1.89. The number of nitrogens with zero attached hydrogens (tertiary/aromatic N) is 4. The van der Waals surface area contributed by atoms with Crippen molar-refractivity contribution < 1.29 is 9.18 Å². The van der Waals surface area contributed by atoms with Gasteiger partial charge in [0, 0.05) is 36.1 Å². The van der Waals surface area contributed by atoms with Crippen LogP contribution in [0.5, 0.6) is 0 Å². The number of carbonyl (C=O) groups excluding carboxylic acids is 1. The van der Waals surface area contributed by atoms with Crippen LogP contribution in [0.3, 0.4) is 0 Å². The third-order valence-corrected chi connectivity index (χ3v) is 7.89. The van der Waals surface area contributed by atoms with Gasteiger partial charge < -0.3 is 10.3 Å². The van der Waals surface area contributed by atoms with Gasteiger partial charge in [0.15, 0.2) is 5.82 Å². The second kappa shape index (κ2) is 10.1. The number of nitrogens with one attached hydrogen (secondary N) is 2. The third-order valence-electron chi connectivity index (χ3n) is 6.43. The van der Waals surface area contributed by atoms with Crippen molar-refractivity contribution in [3.63, 3.8) is 0 Å². The van der Waals surface area contributed by atoms with Crippen LogP contribution in [-0.2, 0) is 4.79 Å². The summed E-state index contributed by atoms with van der Waals surface area (Å²) < 4.78 is 14.7. The van der Waals surface area contributed by atoms with Crippen LogP contribution >= 0.6 is 22.9 Å². The van der Waals surface area contributed by atoms with Crippen molar-refractivity contribution in [3.8, 4) is 21.1 Å². The molecular weight excluding hydrogens is 499 g/mol. The zero-order valence-corrected chi connectivity index (χ0v) is 21.5. The number of hydrogen-bond donors (Lipinski definition) is 2. The Morgan fingerprint density at radius 1 is 1.22 bits per heavy atom. The van der Waals surface area contributed by atoms with Crippen LogP contribution in [0.1, 0.15) is 43.9 Å². The van der Waals surface area contributed by atoms with Crippen LogP contribution in [-0.4, -0.2) is 49.7 Å². The van der Waals surface area contributed by atoms with E-state index < -0.39 is 5.67 Å². The summed E-state index contributed by atoms with van der Waals surface area (Å²) in [6.45, 7) is 4.39. The minimum atomic E-state index is -1.16. The van der Waals surface area contributed by atoms with Gasteiger partial charge in [0.1, 0.15) is 17.8 Å². The number of carbonyl (C=O) groups is 1. The Kier molecular flexibility index (Phi) is 6.87. The number of rotatable bonds is 6. The molecule has 1 aliphatic rings. The van der Waals surface area contributed by atoms with Crippen LogP contribution in [0.4, 0.5) is 10.2 Å². The van der Waals surface area contributed by atoms with Crippen LogP contribution < -0.4 is 5.32 Å². The number of aromatic nitrogens is 4. The van der Waals surface area contributed by atoms with Crippen LogP contribution in [0.2, 0.25) is 5.02 Å². The first-order valence-corrected chi connectivity index (χ1v) is 12.9. The van der Waals surface area contributed by atoms with Gasteiger partial charge in [-0.1, -0.05) is 23.7 Å². The minimum Gasteiger partial charge on any atom is -0.327 e. The van der Waals surface area contributed by atoms with E-state index in [1.165, 1.54) is 6.92 Å².